The molecule has 1 saturated heterocycles. The highest BCUT2D eigenvalue weighted by Crippen LogP contribution is 2.42. The Morgan fingerprint density at radius 2 is 2.10 bits per heavy atom. The Bertz CT molecular complexity index is 429. The Balaban J connectivity index is 2.33. The van der Waals surface area contributed by atoms with Gasteiger partial charge in [-0.05, 0) is 48.7 Å². The maximum absolute atomic E-state index is 6.04. The first-order valence-corrected chi connectivity index (χ1v) is 8.32. The number of nitrogens with one attached hydrogen (secondary N) is 1. The SMILES string of the molecule is CCCNC(c1c(Br)cnn1C)C1C(C)OC(C)C1C. The van der Waals surface area contributed by atoms with Crippen molar-refractivity contribution in [1.82, 2.24) is 15.1 Å². The first-order valence-electron chi connectivity index (χ1n) is 7.53. The molecule has 0 bridgehead atoms. The van der Waals surface area contributed by atoms with E-state index in [1.807, 2.05) is 17.9 Å². The van der Waals surface area contributed by atoms with Crippen LogP contribution in [0.5, 0.6) is 0 Å². The largest absolute Gasteiger partial charge is 0.375 e. The highest BCUT2D eigenvalue weighted by atomic mass is 79.9. The Morgan fingerprint density at radius 3 is 2.55 bits per heavy atom. The summed E-state index contributed by atoms with van der Waals surface area (Å²) in [5.74, 6) is 0.990. The molecule has 114 valence electrons. The van der Waals surface area contributed by atoms with Gasteiger partial charge in [-0.15, -0.1) is 0 Å². The smallest absolute Gasteiger partial charge is 0.0696 e. The van der Waals surface area contributed by atoms with Crippen LogP contribution in [-0.2, 0) is 11.8 Å². The van der Waals surface area contributed by atoms with E-state index in [-0.39, 0.29) is 12.1 Å². The first kappa shape index (κ1) is 16.0. The lowest BCUT2D eigenvalue weighted by molar-refractivity contribution is 0.0471. The van der Waals surface area contributed by atoms with Gasteiger partial charge >= 0.3 is 0 Å². The van der Waals surface area contributed by atoms with Crippen molar-refractivity contribution in [3.05, 3.63) is 16.4 Å². The maximum atomic E-state index is 6.04. The maximum Gasteiger partial charge on any atom is 0.0696 e. The number of hydrogen-bond donors (Lipinski definition) is 1. The van der Waals surface area contributed by atoms with Crippen molar-refractivity contribution in [3.8, 4) is 0 Å². The van der Waals surface area contributed by atoms with Gasteiger partial charge < -0.3 is 10.1 Å². The van der Waals surface area contributed by atoms with Crippen LogP contribution in [0.15, 0.2) is 10.7 Å². The lowest BCUT2D eigenvalue weighted by atomic mass is 9.82. The summed E-state index contributed by atoms with van der Waals surface area (Å²) in [7, 11) is 2.01. The van der Waals surface area contributed by atoms with Gasteiger partial charge in [0.2, 0.25) is 0 Å². The average Bonchev–Trinajstić information content (AvgIpc) is 2.85. The molecule has 0 aromatic carbocycles. The quantitative estimate of drug-likeness (QED) is 0.891. The Kier molecular flexibility index (Phi) is 5.26. The second-order valence-electron chi connectivity index (χ2n) is 5.92. The fraction of sp³-hybridized carbons (Fsp3) is 0.800. The molecule has 0 aliphatic carbocycles. The zero-order valence-electron chi connectivity index (χ0n) is 13.1. The second kappa shape index (κ2) is 6.58. The van der Waals surface area contributed by atoms with Gasteiger partial charge in [-0.25, -0.2) is 0 Å². The number of aromatic nitrogens is 2. The predicted molar refractivity (Wildman–Crippen MR) is 84.6 cm³/mol. The van der Waals surface area contributed by atoms with Gasteiger partial charge in [0.1, 0.15) is 0 Å². The predicted octanol–water partition coefficient (Wildman–Crippen LogP) is 3.28. The fourth-order valence-electron chi connectivity index (χ4n) is 3.35. The third kappa shape index (κ3) is 2.95. The van der Waals surface area contributed by atoms with Crippen LogP contribution in [0.1, 0.15) is 45.9 Å². The van der Waals surface area contributed by atoms with Crippen LogP contribution in [0.4, 0.5) is 0 Å². The van der Waals surface area contributed by atoms with E-state index >= 15 is 0 Å². The number of nitrogens with zero attached hydrogens (tertiary/aromatic N) is 2. The van der Waals surface area contributed by atoms with E-state index in [1.54, 1.807) is 0 Å². The number of halogens is 1. The summed E-state index contributed by atoms with van der Waals surface area (Å²) in [6, 6.07) is 0.270. The topological polar surface area (TPSA) is 39.1 Å². The summed E-state index contributed by atoms with van der Waals surface area (Å²) < 4.78 is 9.09. The third-order valence-electron chi connectivity index (χ3n) is 4.55. The lowest BCUT2D eigenvalue weighted by Gasteiger charge is -2.30. The summed E-state index contributed by atoms with van der Waals surface area (Å²) in [5.41, 5.74) is 1.22. The Labute approximate surface area is 130 Å². The van der Waals surface area contributed by atoms with Crippen molar-refractivity contribution in [1.29, 1.82) is 0 Å². The molecule has 20 heavy (non-hydrogen) atoms. The molecular formula is C15H26BrN3O. The summed E-state index contributed by atoms with van der Waals surface area (Å²) in [5, 5.41) is 8.08. The second-order valence-corrected chi connectivity index (χ2v) is 6.77. The normalized spacial score (nSPS) is 31.7. The van der Waals surface area contributed by atoms with Crippen molar-refractivity contribution in [2.45, 2.75) is 52.4 Å². The van der Waals surface area contributed by atoms with E-state index in [0.717, 1.165) is 17.4 Å². The highest BCUT2D eigenvalue weighted by molar-refractivity contribution is 9.10. The van der Waals surface area contributed by atoms with Crippen LogP contribution in [0.2, 0.25) is 0 Å². The van der Waals surface area contributed by atoms with Crippen molar-refractivity contribution < 1.29 is 4.74 Å². The van der Waals surface area contributed by atoms with Gasteiger partial charge in [0.15, 0.2) is 0 Å². The van der Waals surface area contributed by atoms with Crippen LogP contribution >= 0.6 is 15.9 Å². The number of aryl methyl sites for hydroxylation is 1. The molecule has 1 aliphatic heterocycles. The molecule has 4 nitrogen and oxygen atoms in total. The number of hydrogen-bond acceptors (Lipinski definition) is 3. The van der Waals surface area contributed by atoms with Gasteiger partial charge in [-0.2, -0.15) is 5.10 Å². The van der Waals surface area contributed by atoms with Crippen LogP contribution in [-0.4, -0.2) is 28.5 Å². The molecule has 2 rings (SSSR count). The molecule has 0 saturated carbocycles. The van der Waals surface area contributed by atoms with E-state index in [2.05, 4.69) is 54.0 Å². The monoisotopic (exact) mass is 343 g/mol. The summed E-state index contributed by atoms with van der Waals surface area (Å²) in [6.45, 7) is 9.87. The molecular weight excluding hydrogens is 318 g/mol. The Morgan fingerprint density at radius 1 is 1.40 bits per heavy atom. The summed E-state index contributed by atoms with van der Waals surface area (Å²) in [6.07, 6.45) is 3.58. The van der Waals surface area contributed by atoms with E-state index in [0.29, 0.717) is 17.9 Å². The van der Waals surface area contributed by atoms with E-state index in [1.165, 1.54) is 5.69 Å². The zero-order chi connectivity index (χ0) is 14.9. The van der Waals surface area contributed by atoms with Crippen LogP contribution in [0, 0.1) is 11.8 Å². The van der Waals surface area contributed by atoms with Gasteiger partial charge in [-0.1, -0.05) is 13.8 Å². The lowest BCUT2D eigenvalue weighted by Crippen LogP contribution is -2.36. The van der Waals surface area contributed by atoms with Crippen molar-refractivity contribution in [3.63, 3.8) is 0 Å². The van der Waals surface area contributed by atoms with E-state index < -0.39 is 0 Å². The zero-order valence-corrected chi connectivity index (χ0v) is 14.6. The molecule has 5 unspecified atom stereocenters. The minimum atomic E-state index is 0.260. The molecule has 1 aromatic rings. The molecule has 2 heterocycles. The molecule has 1 aromatic heterocycles. The van der Waals surface area contributed by atoms with Gasteiger partial charge in [0.25, 0.3) is 0 Å². The number of ether oxygens (including phenoxy) is 1. The molecule has 5 heteroatoms. The molecule has 0 amide bonds. The first-order chi connectivity index (χ1) is 9.47. The minimum absolute atomic E-state index is 0.260. The molecule has 5 atom stereocenters. The Hall–Kier alpha value is -0.390. The van der Waals surface area contributed by atoms with Crippen molar-refractivity contribution in [2.75, 3.05) is 6.54 Å². The number of rotatable bonds is 5. The minimum Gasteiger partial charge on any atom is -0.375 e. The van der Waals surface area contributed by atoms with Crippen LogP contribution < -0.4 is 5.32 Å². The molecule has 0 radical (unpaired) electrons. The summed E-state index contributed by atoms with van der Waals surface area (Å²) >= 11 is 3.65. The van der Waals surface area contributed by atoms with Gasteiger partial charge in [-0.3, -0.25) is 4.68 Å². The summed E-state index contributed by atoms with van der Waals surface area (Å²) in [4.78, 5) is 0. The third-order valence-corrected chi connectivity index (χ3v) is 5.16. The fourth-order valence-corrected chi connectivity index (χ4v) is 3.95. The highest BCUT2D eigenvalue weighted by Gasteiger charge is 2.43. The van der Waals surface area contributed by atoms with Crippen LogP contribution in [0.25, 0.3) is 0 Å². The van der Waals surface area contributed by atoms with E-state index in [9.17, 15) is 0 Å². The molecule has 1 fully saturated rings. The molecule has 1 aliphatic rings. The van der Waals surface area contributed by atoms with Crippen molar-refractivity contribution in [2.24, 2.45) is 18.9 Å². The molecule has 0 spiro atoms. The van der Waals surface area contributed by atoms with Crippen molar-refractivity contribution >= 4 is 15.9 Å². The van der Waals surface area contributed by atoms with Crippen LogP contribution in [0.3, 0.4) is 0 Å². The standard InChI is InChI=1S/C15H26BrN3O/c1-6-7-17-14(15-12(16)8-18-19(15)5)13-9(2)10(3)20-11(13)4/h8-11,13-14,17H,6-7H2,1-5H3. The molecule has 1 N–H and O–H groups in total. The average molecular weight is 344 g/mol. The van der Waals surface area contributed by atoms with Gasteiger partial charge in [0, 0.05) is 13.0 Å². The van der Waals surface area contributed by atoms with Gasteiger partial charge in [0.05, 0.1) is 34.6 Å². The van der Waals surface area contributed by atoms with E-state index in [4.69, 9.17) is 4.74 Å².